The minimum atomic E-state index is 0.154. The highest BCUT2D eigenvalue weighted by Crippen LogP contribution is 2.19. The molecule has 4 heteroatoms. The zero-order chi connectivity index (χ0) is 12.1. The lowest BCUT2D eigenvalue weighted by atomic mass is 10.1. The average molecular weight is 250 g/mol. The third-order valence-corrected chi connectivity index (χ3v) is 3.77. The molecule has 1 aromatic rings. The first-order valence-corrected chi connectivity index (χ1v) is 7.18. The van der Waals surface area contributed by atoms with Gasteiger partial charge in [-0.05, 0) is 19.1 Å². The van der Waals surface area contributed by atoms with Gasteiger partial charge in [0, 0.05) is 36.8 Å². The second kappa shape index (κ2) is 5.96. The maximum Gasteiger partial charge on any atom is 0.256 e. The van der Waals surface area contributed by atoms with Gasteiger partial charge in [0.1, 0.15) is 0 Å². The van der Waals surface area contributed by atoms with Gasteiger partial charge in [0.2, 0.25) is 0 Å². The molecule has 3 nitrogen and oxygen atoms in total. The Morgan fingerprint density at radius 1 is 1.35 bits per heavy atom. The highest BCUT2D eigenvalue weighted by atomic mass is 32.2. The van der Waals surface area contributed by atoms with Crippen LogP contribution in [0.25, 0.3) is 0 Å². The van der Waals surface area contributed by atoms with Gasteiger partial charge in [-0.2, -0.15) is 11.8 Å². The number of hydrogen-bond acceptors (Lipinski definition) is 3. The predicted octanol–water partition coefficient (Wildman–Crippen LogP) is 2.31. The lowest BCUT2D eigenvalue weighted by molar-refractivity contribution is 0.0773. The highest BCUT2D eigenvalue weighted by Gasteiger charge is 2.20. The molecule has 1 aliphatic heterocycles. The monoisotopic (exact) mass is 250 g/mol. The Bertz CT molecular complexity index is 389. The molecular weight excluding hydrogens is 232 g/mol. The molecule has 0 aromatic heterocycles. The first-order valence-electron chi connectivity index (χ1n) is 6.03. The molecule has 0 radical (unpaired) electrons. The molecule has 0 aliphatic carbocycles. The van der Waals surface area contributed by atoms with Crippen LogP contribution in [-0.2, 0) is 0 Å². The molecule has 0 bridgehead atoms. The van der Waals surface area contributed by atoms with Gasteiger partial charge in [-0.15, -0.1) is 0 Å². The smallest absolute Gasteiger partial charge is 0.256 e. The van der Waals surface area contributed by atoms with Gasteiger partial charge in [0.25, 0.3) is 5.91 Å². The van der Waals surface area contributed by atoms with Crippen molar-refractivity contribution in [1.29, 1.82) is 0 Å². The number of carbonyl (C=O) groups excluding carboxylic acids is 1. The summed E-state index contributed by atoms with van der Waals surface area (Å²) >= 11 is 1.92. The number of nitrogens with zero attached hydrogens (tertiary/aromatic N) is 1. The van der Waals surface area contributed by atoms with Gasteiger partial charge < -0.3 is 10.2 Å². The van der Waals surface area contributed by atoms with Crippen LogP contribution in [0.1, 0.15) is 17.3 Å². The second-order valence-corrected chi connectivity index (χ2v) is 5.21. The summed E-state index contributed by atoms with van der Waals surface area (Å²) in [6, 6.07) is 7.76. The number of carbonyl (C=O) groups is 1. The fourth-order valence-corrected chi connectivity index (χ4v) is 2.85. The molecule has 1 amide bonds. The van der Waals surface area contributed by atoms with Crippen LogP contribution < -0.4 is 5.32 Å². The lowest BCUT2D eigenvalue weighted by Crippen LogP contribution is -2.38. The molecule has 0 spiro atoms. The number of rotatable bonds is 3. The van der Waals surface area contributed by atoms with Crippen molar-refractivity contribution in [2.45, 2.75) is 6.92 Å². The number of para-hydroxylation sites is 1. The van der Waals surface area contributed by atoms with E-state index in [9.17, 15) is 4.79 Å². The number of nitrogens with one attached hydrogen (secondary N) is 1. The summed E-state index contributed by atoms with van der Waals surface area (Å²) in [6.07, 6.45) is 0. The van der Waals surface area contributed by atoms with E-state index in [2.05, 4.69) is 5.32 Å². The normalized spacial score (nSPS) is 15.7. The van der Waals surface area contributed by atoms with Gasteiger partial charge in [-0.1, -0.05) is 12.1 Å². The molecule has 1 aromatic carbocycles. The van der Waals surface area contributed by atoms with Crippen molar-refractivity contribution in [1.82, 2.24) is 4.90 Å². The van der Waals surface area contributed by atoms with E-state index in [1.807, 2.05) is 47.9 Å². The first kappa shape index (κ1) is 12.3. The van der Waals surface area contributed by atoms with E-state index in [0.29, 0.717) is 0 Å². The van der Waals surface area contributed by atoms with Crippen molar-refractivity contribution in [2.75, 3.05) is 36.5 Å². The van der Waals surface area contributed by atoms with E-state index in [4.69, 9.17) is 0 Å². The Kier molecular flexibility index (Phi) is 4.31. The summed E-state index contributed by atoms with van der Waals surface area (Å²) in [5, 5.41) is 3.24. The van der Waals surface area contributed by atoms with Crippen molar-refractivity contribution >= 4 is 23.4 Å². The third kappa shape index (κ3) is 2.94. The van der Waals surface area contributed by atoms with Gasteiger partial charge in [0.15, 0.2) is 0 Å². The van der Waals surface area contributed by atoms with Crippen molar-refractivity contribution in [3.8, 4) is 0 Å². The predicted molar refractivity (Wildman–Crippen MR) is 73.8 cm³/mol. The third-order valence-electron chi connectivity index (χ3n) is 2.82. The standard InChI is InChI=1S/C13H18N2OS/c1-2-14-12-6-4-3-5-11(12)13(16)15-7-9-17-10-8-15/h3-6,14H,2,7-10H2,1H3. The summed E-state index contributed by atoms with van der Waals surface area (Å²) in [5.74, 6) is 2.26. The summed E-state index contributed by atoms with van der Waals surface area (Å²) in [4.78, 5) is 14.3. The quantitative estimate of drug-likeness (QED) is 0.893. The Hall–Kier alpha value is -1.16. The van der Waals surface area contributed by atoms with Crippen LogP contribution in [0.3, 0.4) is 0 Å². The summed E-state index contributed by atoms with van der Waals surface area (Å²) in [6.45, 7) is 4.60. The molecule has 0 saturated carbocycles. The largest absolute Gasteiger partial charge is 0.385 e. The topological polar surface area (TPSA) is 32.3 Å². The van der Waals surface area contributed by atoms with Crippen LogP contribution in [0.4, 0.5) is 5.69 Å². The number of hydrogen-bond donors (Lipinski definition) is 1. The maximum atomic E-state index is 12.4. The van der Waals surface area contributed by atoms with Crippen molar-refractivity contribution < 1.29 is 4.79 Å². The van der Waals surface area contributed by atoms with Crippen molar-refractivity contribution in [3.63, 3.8) is 0 Å². The fraction of sp³-hybridized carbons (Fsp3) is 0.462. The molecule has 17 heavy (non-hydrogen) atoms. The molecule has 2 rings (SSSR count). The molecule has 1 fully saturated rings. The molecular formula is C13H18N2OS. The average Bonchev–Trinajstić information content (AvgIpc) is 2.40. The Morgan fingerprint density at radius 3 is 2.76 bits per heavy atom. The Balaban J connectivity index is 2.17. The van der Waals surface area contributed by atoms with E-state index >= 15 is 0 Å². The fourth-order valence-electron chi connectivity index (χ4n) is 1.95. The number of amides is 1. The van der Waals surface area contributed by atoms with Crippen LogP contribution in [0.15, 0.2) is 24.3 Å². The molecule has 1 N–H and O–H groups in total. The molecule has 1 saturated heterocycles. The maximum absolute atomic E-state index is 12.4. The second-order valence-electron chi connectivity index (χ2n) is 3.98. The van der Waals surface area contributed by atoms with Crippen LogP contribution in [0.5, 0.6) is 0 Å². The van der Waals surface area contributed by atoms with Gasteiger partial charge in [-0.3, -0.25) is 4.79 Å². The van der Waals surface area contributed by atoms with E-state index in [1.165, 1.54) is 0 Å². The van der Waals surface area contributed by atoms with Crippen LogP contribution in [-0.4, -0.2) is 41.9 Å². The Labute approximate surface area is 107 Å². The van der Waals surface area contributed by atoms with E-state index in [1.54, 1.807) is 0 Å². The Morgan fingerprint density at radius 2 is 2.06 bits per heavy atom. The number of anilines is 1. The van der Waals surface area contributed by atoms with Gasteiger partial charge in [-0.25, -0.2) is 0 Å². The van der Waals surface area contributed by atoms with Crippen LogP contribution >= 0.6 is 11.8 Å². The summed E-state index contributed by atoms with van der Waals surface area (Å²) < 4.78 is 0. The number of benzene rings is 1. The first-order chi connectivity index (χ1) is 8.33. The van der Waals surface area contributed by atoms with E-state index < -0.39 is 0 Å². The van der Waals surface area contributed by atoms with E-state index in [0.717, 1.165) is 42.4 Å². The molecule has 0 unspecified atom stereocenters. The van der Waals surface area contributed by atoms with Crippen LogP contribution in [0, 0.1) is 0 Å². The van der Waals surface area contributed by atoms with Crippen molar-refractivity contribution in [3.05, 3.63) is 29.8 Å². The minimum absolute atomic E-state index is 0.154. The zero-order valence-corrected chi connectivity index (χ0v) is 10.9. The molecule has 1 aliphatic rings. The highest BCUT2D eigenvalue weighted by molar-refractivity contribution is 7.99. The summed E-state index contributed by atoms with van der Waals surface area (Å²) in [5.41, 5.74) is 1.74. The van der Waals surface area contributed by atoms with Crippen molar-refractivity contribution in [2.24, 2.45) is 0 Å². The van der Waals surface area contributed by atoms with Crippen LogP contribution in [0.2, 0.25) is 0 Å². The van der Waals surface area contributed by atoms with Gasteiger partial charge >= 0.3 is 0 Å². The number of thioether (sulfide) groups is 1. The molecule has 0 atom stereocenters. The SMILES string of the molecule is CCNc1ccccc1C(=O)N1CCSCC1. The van der Waals surface area contributed by atoms with Gasteiger partial charge in [0.05, 0.1) is 5.56 Å². The lowest BCUT2D eigenvalue weighted by Gasteiger charge is -2.27. The molecule has 1 heterocycles. The minimum Gasteiger partial charge on any atom is -0.385 e. The summed E-state index contributed by atoms with van der Waals surface area (Å²) in [7, 11) is 0. The zero-order valence-electron chi connectivity index (χ0n) is 10.1. The van der Waals surface area contributed by atoms with E-state index in [-0.39, 0.29) is 5.91 Å². The molecule has 92 valence electrons.